The molecule has 1 aliphatic rings. The van der Waals surface area contributed by atoms with E-state index in [9.17, 15) is 5.11 Å². The van der Waals surface area contributed by atoms with Crippen molar-refractivity contribution >= 4 is 11.6 Å². The van der Waals surface area contributed by atoms with Crippen LogP contribution in [0.4, 0.5) is 0 Å². The highest BCUT2D eigenvalue weighted by Gasteiger charge is 2.31. The van der Waals surface area contributed by atoms with E-state index in [1.807, 2.05) is 24.3 Å². The first-order valence-corrected chi connectivity index (χ1v) is 6.60. The highest BCUT2D eigenvalue weighted by atomic mass is 35.5. The van der Waals surface area contributed by atoms with Gasteiger partial charge in [0.05, 0.1) is 6.10 Å². The molecule has 0 radical (unpaired) electrons. The van der Waals surface area contributed by atoms with E-state index in [4.69, 9.17) is 11.6 Å². The fourth-order valence-corrected chi connectivity index (χ4v) is 2.48. The van der Waals surface area contributed by atoms with Crippen molar-refractivity contribution in [1.29, 1.82) is 0 Å². The second-order valence-electron chi connectivity index (χ2n) is 5.05. The van der Waals surface area contributed by atoms with Gasteiger partial charge in [0.15, 0.2) is 0 Å². The molecule has 1 aromatic rings. The summed E-state index contributed by atoms with van der Waals surface area (Å²) in [6, 6.07) is 8.06. The van der Waals surface area contributed by atoms with Gasteiger partial charge in [-0.25, -0.2) is 0 Å². The van der Waals surface area contributed by atoms with Crippen LogP contribution in [0.2, 0.25) is 5.02 Å². The van der Waals surface area contributed by atoms with Crippen LogP contribution in [0.15, 0.2) is 24.3 Å². The molecule has 0 heterocycles. The van der Waals surface area contributed by atoms with E-state index in [2.05, 4.69) is 18.9 Å². The Bertz CT molecular complexity index is 378. The molecule has 0 saturated heterocycles. The van der Waals surface area contributed by atoms with Gasteiger partial charge in [0.25, 0.3) is 0 Å². The van der Waals surface area contributed by atoms with E-state index in [1.165, 1.54) is 12.8 Å². The summed E-state index contributed by atoms with van der Waals surface area (Å²) in [4.78, 5) is 2.23. The number of likely N-dealkylation sites (N-methyl/N-ethyl adjacent to an activating group) is 1. The Morgan fingerprint density at radius 3 is 2.65 bits per heavy atom. The number of benzene rings is 1. The molecular formula is C14H20ClNO. The van der Waals surface area contributed by atoms with Gasteiger partial charge in [-0.05, 0) is 38.8 Å². The molecular weight excluding hydrogens is 234 g/mol. The molecule has 0 spiro atoms. The molecule has 1 saturated carbocycles. The number of hydrogen-bond donors (Lipinski definition) is 1. The molecule has 0 bridgehead atoms. The van der Waals surface area contributed by atoms with Crippen molar-refractivity contribution in [2.75, 3.05) is 13.6 Å². The number of nitrogens with zero attached hydrogens (tertiary/aromatic N) is 1. The van der Waals surface area contributed by atoms with Gasteiger partial charge < -0.3 is 10.0 Å². The smallest absolute Gasteiger partial charge is 0.0931 e. The van der Waals surface area contributed by atoms with Gasteiger partial charge in [0.1, 0.15) is 0 Å². The van der Waals surface area contributed by atoms with Gasteiger partial charge in [0.2, 0.25) is 0 Å². The van der Waals surface area contributed by atoms with E-state index in [1.54, 1.807) is 0 Å². The monoisotopic (exact) mass is 253 g/mol. The Labute approximate surface area is 108 Å². The van der Waals surface area contributed by atoms with Crippen molar-refractivity contribution < 1.29 is 5.11 Å². The van der Waals surface area contributed by atoms with Crippen LogP contribution in [-0.4, -0.2) is 29.6 Å². The van der Waals surface area contributed by atoms with Crippen LogP contribution in [0.25, 0.3) is 0 Å². The molecule has 0 amide bonds. The lowest BCUT2D eigenvalue weighted by Gasteiger charge is -2.27. The molecule has 1 aromatic carbocycles. The van der Waals surface area contributed by atoms with E-state index >= 15 is 0 Å². The lowest BCUT2D eigenvalue weighted by atomic mass is 10.1. The minimum absolute atomic E-state index is 0.505. The maximum absolute atomic E-state index is 10.2. The highest BCUT2D eigenvalue weighted by Crippen LogP contribution is 2.35. The largest absolute Gasteiger partial charge is 0.387 e. The van der Waals surface area contributed by atoms with Crippen LogP contribution < -0.4 is 0 Å². The van der Waals surface area contributed by atoms with Gasteiger partial charge in [-0.3, -0.25) is 0 Å². The third-order valence-electron chi connectivity index (χ3n) is 3.72. The minimum atomic E-state index is -0.505. The van der Waals surface area contributed by atoms with Gasteiger partial charge in [0, 0.05) is 23.2 Å². The Morgan fingerprint density at radius 2 is 2.06 bits per heavy atom. The van der Waals surface area contributed by atoms with Crippen LogP contribution in [0.3, 0.4) is 0 Å². The molecule has 2 atom stereocenters. The fraction of sp³-hybridized carbons (Fsp3) is 0.571. The second-order valence-corrected chi connectivity index (χ2v) is 5.46. The highest BCUT2D eigenvalue weighted by molar-refractivity contribution is 6.31. The van der Waals surface area contributed by atoms with Gasteiger partial charge in [-0.2, -0.15) is 0 Å². The topological polar surface area (TPSA) is 23.5 Å². The first kappa shape index (κ1) is 12.9. The van der Waals surface area contributed by atoms with Crippen molar-refractivity contribution in [3.63, 3.8) is 0 Å². The average molecular weight is 254 g/mol. The standard InChI is InChI=1S/C14H20ClNO/c1-10(11-7-8-11)16(2)9-14(17)12-5-3-4-6-13(12)15/h3-6,10-11,14,17H,7-9H2,1-2H3/t10-,14+/m1/s1. The summed E-state index contributed by atoms with van der Waals surface area (Å²) in [5.41, 5.74) is 0.823. The van der Waals surface area contributed by atoms with Crippen LogP contribution in [-0.2, 0) is 0 Å². The van der Waals surface area contributed by atoms with E-state index in [-0.39, 0.29) is 0 Å². The zero-order chi connectivity index (χ0) is 12.4. The number of hydrogen-bond acceptors (Lipinski definition) is 2. The summed E-state index contributed by atoms with van der Waals surface area (Å²) in [7, 11) is 2.07. The van der Waals surface area contributed by atoms with Crippen molar-refractivity contribution in [2.24, 2.45) is 5.92 Å². The molecule has 2 rings (SSSR count). The van der Waals surface area contributed by atoms with Crippen molar-refractivity contribution in [2.45, 2.75) is 31.9 Å². The van der Waals surface area contributed by atoms with Crippen molar-refractivity contribution in [1.82, 2.24) is 4.90 Å². The number of halogens is 1. The number of aliphatic hydroxyl groups is 1. The van der Waals surface area contributed by atoms with Gasteiger partial charge in [-0.1, -0.05) is 29.8 Å². The SMILES string of the molecule is C[C@H](C1CC1)N(C)C[C@H](O)c1ccccc1Cl. The van der Waals surface area contributed by atoms with Gasteiger partial charge in [-0.15, -0.1) is 0 Å². The minimum Gasteiger partial charge on any atom is -0.387 e. The van der Waals surface area contributed by atoms with Crippen molar-refractivity contribution in [3.8, 4) is 0 Å². The molecule has 3 heteroatoms. The predicted octanol–water partition coefficient (Wildman–Crippen LogP) is 3.10. The van der Waals surface area contributed by atoms with Crippen LogP contribution in [0.5, 0.6) is 0 Å². The molecule has 1 N–H and O–H groups in total. The fourth-order valence-electron chi connectivity index (χ4n) is 2.22. The molecule has 0 aliphatic heterocycles. The van der Waals surface area contributed by atoms with E-state index in [0.717, 1.165) is 11.5 Å². The van der Waals surface area contributed by atoms with E-state index in [0.29, 0.717) is 17.6 Å². The third kappa shape index (κ3) is 3.21. The Kier molecular flexibility index (Phi) is 4.08. The quantitative estimate of drug-likeness (QED) is 0.872. The summed E-state index contributed by atoms with van der Waals surface area (Å²) >= 11 is 6.08. The Balaban J connectivity index is 1.96. The number of rotatable bonds is 5. The zero-order valence-electron chi connectivity index (χ0n) is 10.4. The van der Waals surface area contributed by atoms with Gasteiger partial charge >= 0.3 is 0 Å². The first-order chi connectivity index (χ1) is 8.09. The average Bonchev–Trinajstić information content (AvgIpc) is 3.12. The van der Waals surface area contributed by atoms with Crippen LogP contribution in [0.1, 0.15) is 31.4 Å². The zero-order valence-corrected chi connectivity index (χ0v) is 11.2. The van der Waals surface area contributed by atoms with Crippen LogP contribution >= 0.6 is 11.6 Å². The molecule has 1 fully saturated rings. The summed E-state index contributed by atoms with van der Waals surface area (Å²) in [6.45, 7) is 2.87. The summed E-state index contributed by atoms with van der Waals surface area (Å²) in [6.07, 6.45) is 2.15. The molecule has 1 aliphatic carbocycles. The predicted molar refractivity (Wildman–Crippen MR) is 71.2 cm³/mol. The summed E-state index contributed by atoms with van der Waals surface area (Å²) < 4.78 is 0. The molecule has 94 valence electrons. The van der Waals surface area contributed by atoms with E-state index < -0.39 is 6.10 Å². The maximum atomic E-state index is 10.2. The Hall–Kier alpha value is -0.570. The number of aliphatic hydroxyl groups excluding tert-OH is 1. The molecule has 0 unspecified atom stereocenters. The second kappa shape index (κ2) is 5.38. The third-order valence-corrected chi connectivity index (χ3v) is 4.07. The molecule has 2 nitrogen and oxygen atoms in total. The Morgan fingerprint density at radius 1 is 1.41 bits per heavy atom. The molecule has 17 heavy (non-hydrogen) atoms. The summed E-state index contributed by atoms with van der Waals surface area (Å²) in [5, 5.41) is 10.8. The maximum Gasteiger partial charge on any atom is 0.0931 e. The first-order valence-electron chi connectivity index (χ1n) is 6.22. The van der Waals surface area contributed by atoms with Crippen LogP contribution in [0, 0.1) is 5.92 Å². The lowest BCUT2D eigenvalue weighted by Crippen LogP contribution is -2.34. The molecule has 0 aromatic heterocycles. The lowest BCUT2D eigenvalue weighted by molar-refractivity contribution is 0.103. The summed E-state index contributed by atoms with van der Waals surface area (Å²) in [5.74, 6) is 0.818. The van der Waals surface area contributed by atoms with Crippen molar-refractivity contribution in [3.05, 3.63) is 34.9 Å². The normalized spacial score (nSPS) is 19.4.